The highest BCUT2D eigenvalue weighted by Crippen LogP contribution is 2.29. The molecule has 19 heavy (non-hydrogen) atoms. The van der Waals surface area contributed by atoms with Crippen LogP contribution in [0.2, 0.25) is 0 Å². The van der Waals surface area contributed by atoms with E-state index in [0.29, 0.717) is 22.1 Å². The summed E-state index contributed by atoms with van der Waals surface area (Å²) in [6, 6.07) is 13.2. The third-order valence-electron chi connectivity index (χ3n) is 2.67. The Balaban J connectivity index is 2.39. The molecule has 2 rings (SSSR count). The van der Waals surface area contributed by atoms with Gasteiger partial charge in [0.05, 0.1) is 12.7 Å². The minimum atomic E-state index is 0.297. The van der Waals surface area contributed by atoms with Gasteiger partial charge in [0.25, 0.3) is 0 Å². The summed E-state index contributed by atoms with van der Waals surface area (Å²) in [6.45, 7) is 2.01. The molecule has 0 atom stereocenters. The summed E-state index contributed by atoms with van der Waals surface area (Å²) in [5.41, 5.74) is 7.51. The minimum absolute atomic E-state index is 0.297. The third kappa shape index (κ3) is 3.23. The predicted molar refractivity (Wildman–Crippen MR) is 80.1 cm³/mol. The highest BCUT2D eigenvalue weighted by molar-refractivity contribution is 7.80. The van der Waals surface area contributed by atoms with Crippen LogP contribution in [0.3, 0.4) is 0 Å². The molecule has 4 heteroatoms. The van der Waals surface area contributed by atoms with Crippen molar-refractivity contribution in [3.8, 4) is 17.2 Å². The van der Waals surface area contributed by atoms with E-state index in [0.717, 1.165) is 11.3 Å². The minimum Gasteiger partial charge on any atom is -0.497 e. The number of hydrogen-bond donors (Lipinski definition) is 1. The molecule has 0 aliphatic rings. The van der Waals surface area contributed by atoms with Crippen LogP contribution in [0, 0.1) is 6.92 Å². The van der Waals surface area contributed by atoms with E-state index in [1.807, 2.05) is 31.2 Å². The number of aryl methyl sites for hydroxylation is 1. The van der Waals surface area contributed by atoms with E-state index in [4.69, 9.17) is 27.4 Å². The van der Waals surface area contributed by atoms with E-state index in [2.05, 4.69) is 0 Å². The number of ether oxygens (including phenoxy) is 2. The Morgan fingerprint density at radius 3 is 2.53 bits per heavy atom. The molecule has 2 aromatic carbocycles. The lowest BCUT2D eigenvalue weighted by Gasteiger charge is -2.12. The van der Waals surface area contributed by atoms with E-state index >= 15 is 0 Å². The molecule has 0 aromatic heterocycles. The van der Waals surface area contributed by atoms with Crippen LogP contribution in [0.1, 0.15) is 11.1 Å². The van der Waals surface area contributed by atoms with Crippen molar-refractivity contribution < 1.29 is 9.47 Å². The van der Waals surface area contributed by atoms with Gasteiger partial charge < -0.3 is 15.2 Å². The molecule has 0 amide bonds. The summed E-state index contributed by atoms with van der Waals surface area (Å²) in [4.78, 5) is 0.297. The lowest BCUT2D eigenvalue weighted by Crippen LogP contribution is -2.10. The van der Waals surface area contributed by atoms with Crippen molar-refractivity contribution in [2.45, 2.75) is 6.92 Å². The Morgan fingerprint density at radius 2 is 1.89 bits per heavy atom. The Morgan fingerprint density at radius 1 is 1.11 bits per heavy atom. The number of rotatable bonds is 4. The first-order valence-electron chi connectivity index (χ1n) is 5.82. The van der Waals surface area contributed by atoms with Crippen molar-refractivity contribution in [2.75, 3.05) is 7.11 Å². The first kappa shape index (κ1) is 13.4. The molecule has 0 saturated carbocycles. The fraction of sp³-hybridized carbons (Fsp3) is 0.133. The first-order chi connectivity index (χ1) is 9.10. The second-order valence-electron chi connectivity index (χ2n) is 4.14. The van der Waals surface area contributed by atoms with Gasteiger partial charge in [0.2, 0.25) is 0 Å². The highest BCUT2D eigenvalue weighted by atomic mass is 32.1. The maximum absolute atomic E-state index is 5.85. The summed E-state index contributed by atoms with van der Waals surface area (Å²) in [6.07, 6.45) is 0. The molecule has 0 saturated heterocycles. The molecule has 0 aliphatic carbocycles. The smallest absolute Gasteiger partial charge is 0.141 e. The maximum atomic E-state index is 5.85. The fourth-order valence-electron chi connectivity index (χ4n) is 1.72. The van der Waals surface area contributed by atoms with E-state index in [1.54, 1.807) is 25.3 Å². The van der Waals surface area contributed by atoms with Gasteiger partial charge in [-0.1, -0.05) is 24.4 Å². The Bertz CT molecular complexity index is 611. The van der Waals surface area contributed by atoms with Crippen molar-refractivity contribution in [2.24, 2.45) is 5.73 Å². The summed E-state index contributed by atoms with van der Waals surface area (Å²) in [5, 5.41) is 0. The van der Waals surface area contributed by atoms with Gasteiger partial charge in [-0.25, -0.2) is 0 Å². The summed E-state index contributed by atoms with van der Waals surface area (Å²) >= 11 is 5.03. The zero-order chi connectivity index (χ0) is 13.8. The van der Waals surface area contributed by atoms with Crippen LogP contribution in [0.15, 0.2) is 42.5 Å². The molecule has 2 aromatic rings. The van der Waals surface area contributed by atoms with Gasteiger partial charge in [-0.2, -0.15) is 0 Å². The van der Waals surface area contributed by atoms with Crippen LogP contribution in [0.4, 0.5) is 0 Å². The van der Waals surface area contributed by atoms with Gasteiger partial charge in [-0.3, -0.25) is 0 Å². The summed E-state index contributed by atoms with van der Waals surface area (Å²) in [5.74, 6) is 2.03. The normalized spacial score (nSPS) is 10.0. The maximum Gasteiger partial charge on any atom is 0.141 e. The number of benzene rings is 2. The predicted octanol–water partition coefficient (Wildman–Crippen LogP) is 3.43. The topological polar surface area (TPSA) is 44.5 Å². The molecule has 98 valence electrons. The van der Waals surface area contributed by atoms with Crippen LogP contribution in [0.25, 0.3) is 0 Å². The van der Waals surface area contributed by atoms with Gasteiger partial charge in [-0.15, -0.1) is 0 Å². The van der Waals surface area contributed by atoms with Crippen LogP contribution in [-0.2, 0) is 0 Å². The Hall–Kier alpha value is -2.07. The van der Waals surface area contributed by atoms with Crippen LogP contribution in [0.5, 0.6) is 17.2 Å². The monoisotopic (exact) mass is 273 g/mol. The molecule has 2 N–H and O–H groups in total. The molecular formula is C15H15NO2S. The molecule has 0 radical (unpaired) electrons. The van der Waals surface area contributed by atoms with Crippen LogP contribution in [-0.4, -0.2) is 12.1 Å². The van der Waals surface area contributed by atoms with Crippen LogP contribution < -0.4 is 15.2 Å². The molecule has 0 spiro atoms. The van der Waals surface area contributed by atoms with Crippen molar-refractivity contribution in [1.29, 1.82) is 0 Å². The fourth-order valence-corrected chi connectivity index (χ4v) is 1.89. The zero-order valence-corrected chi connectivity index (χ0v) is 11.7. The van der Waals surface area contributed by atoms with Gasteiger partial charge in [0, 0.05) is 6.07 Å². The molecule has 0 fully saturated rings. The second kappa shape index (κ2) is 5.71. The van der Waals surface area contributed by atoms with Gasteiger partial charge >= 0.3 is 0 Å². The average molecular weight is 273 g/mol. The summed E-state index contributed by atoms with van der Waals surface area (Å²) in [7, 11) is 1.60. The quantitative estimate of drug-likeness (QED) is 0.867. The SMILES string of the molecule is COc1ccc(C(N)=S)c(Oc2cccc(C)c2)c1. The zero-order valence-electron chi connectivity index (χ0n) is 10.8. The number of methoxy groups -OCH3 is 1. The summed E-state index contributed by atoms with van der Waals surface area (Å²) < 4.78 is 11.0. The molecule has 0 bridgehead atoms. The lowest BCUT2D eigenvalue weighted by atomic mass is 10.2. The molecule has 0 heterocycles. The number of thiocarbonyl (C=S) groups is 1. The number of hydrogen-bond acceptors (Lipinski definition) is 3. The Labute approximate surface area is 118 Å². The largest absolute Gasteiger partial charge is 0.497 e. The lowest BCUT2D eigenvalue weighted by molar-refractivity contribution is 0.409. The van der Waals surface area contributed by atoms with E-state index in [-0.39, 0.29) is 0 Å². The van der Waals surface area contributed by atoms with Crippen molar-refractivity contribution in [3.05, 3.63) is 53.6 Å². The van der Waals surface area contributed by atoms with Gasteiger partial charge in [0.15, 0.2) is 0 Å². The molecule has 3 nitrogen and oxygen atoms in total. The Kier molecular flexibility index (Phi) is 4.02. The van der Waals surface area contributed by atoms with Crippen molar-refractivity contribution in [1.82, 2.24) is 0 Å². The van der Waals surface area contributed by atoms with Crippen LogP contribution >= 0.6 is 12.2 Å². The van der Waals surface area contributed by atoms with Crippen molar-refractivity contribution >= 4 is 17.2 Å². The van der Waals surface area contributed by atoms with Crippen molar-refractivity contribution in [3.63, 3.8) is 0 Å². The standard InChI is InChI=1S/C15H15NO2S/c1-10-4-3-5-12(8-10)18-14-9-11(17-2)6-7-13(14)15(16)19/h3-9H,1-2H3,(H2,16,19). The van der Waals surface area contributed by atoms with Gasteiger partial charge in [-0.05, 0) is 36.8 Å². The highest BCUT2D eigenvalue weighted by Gasteiger charge is 2.09. The van der Waals surface area contributed by atoms with Gasteiger partial charge in [0.1, 0.15) is 22.2 Å². The average Bonchev–Trinajstić information content (AvgIpc) is 2.38. The molecular weight excluding hydrogens is 258 g/mol. The molecule has 0 aliphatic heterocycles. The van der Waals surface area contributed by atoms with E-state index in [1.165, 1.54) is 0 Å². The first-order valence-corrected chi connectivity index (χ1v) is 6.23. The van der Waals surface area contributed by atoms with E-state index < -0.39 is 0 Å². The second-order valence-corrected chi connectivity index (χ2v) is 4.58. The van der Waals surface area contributed by atoms with E-state index in [9.17, 15) is 0 Å². The molecule has 0 unspecified atom stereocenters. The number of nitrogens with two attached hydrogens (primary N) is 1. The third-order valence-corrected chi connectivity index (χ3v) is 2.89.